The number of benzene rings is 1. The van der Waals surface area contributed by atoms with Gasteiger partial charge in [-0.05, 0) is 31.5 Å². The Kier molecular flexibility index (Phi) is 3.31. The molecule has 0 fully saturated rings. The first-order valence-electron chi connectivity index (χ1n) is 4.26. The normalized spacial score (nSPS) is 11.4. The van der Waals surface area contributed by atoms with Crippen LogP contribution >= 0.6 is 0 Å². The van der Waals surface area contributed by atoms with Crippen molar-refractivity contribution in [2.24, 2.45) is 5.16 Å². The molecule has 0 aliphatic rings. The minimum absolute atomic E-state index is 0.590. The Labute approximate surface area is 78.2 Å². The topological polar surface area (TPSA) is 47.6 Å². The summed E-state index contributed by atoms with van der Waals surface area (Å²) < 4.78 is 0. The summed E-state index contributed by atoms with van der Waals surface area (Å²) in [4.78, 5) is 4.94. The Bertz CT molecular complexity index is 290. The molecule has 0 amide bonds. The van der Waals surface area contributed by atoms with E-state index in [4.69, 9.17) is 10.6 Å². The standard InChI is InChI=1S/C10H14N2O/c1-3-13-12-8(2)9-4-6-10(11)7-5-9/h4-7H,3,11H2,1-2H3/b12-8-. The summed E-state index contributed by atoms with van der Waals surface area (Å²) in [6, 6.07) is 7.54. The predicted octanol–water partition coefficient (Wildman–Crippen LogP) is 2.03. The molecular weight excluding hydrogens is 164 g/mol. The summed E-state index contributed by atoms with van der Waals surface area (Å²) in [5.74, 6) is 0. The monoisotopic (exact) mass is 178 g/mol. The van der Waals surface area contributed by atoms with Crippen molar-refractivity contribution in [2.45, 2.75) is 13.8 Å². The van der Waals surface area contributed by atoms with Gasteiger partial charge in [-0.2, -0.15) is 0 Å². The first-order chi connectivity index (χ1) is 6.24. The quantitative estimate of drug-likeness (QED) is 0.437. The van der Waals surface area contributed by atoms with Crippen LogP contribution in [0.5, 0.6) is 0 Å². The van der Waals surface area contributed by atoms with Crippen molar-refractivity contribution in [3.05, 3.63) is 29.8 Å². The highest BCUT2D eigenvalue weighted by molar-refractivity contribution is 5.98. The molecular formula is C10H14N2O. The average molecular weight is 178 g/mol. The number of rotatable bonds is 3. The van der Waals surface area contributed by atoms with Crippen LogP contribution in [0.4, 0.5) is 5.69 Å². The van der Waals surface area contributed by atoms with E-state index in [1.54, 1.807) is 0 Å². The molecule has 0 radical (unpaired) electrons. The lowest BCUT2D eigenvalue weighted by Gasteiger charge is -2.00. The van der Waals surface area contributed by atoms with Crippen molar-refractivity contribution in [1.82, 2.24) is 0 Å². The van der Waals surface area contributed by atoms with Gasteiger partial charge in [-0.1, -0.05) is 17.3 Å². The summed E-state index contributed by atoms with van der Waals surface area (Å²) in [5, 5.41) is 3.92. The van der Waals surface area contributed by atoms with Crippen LogP contribution in [0.3, 0.4) is 0 Å². The summed E-state index contributed by atoms with van der Waals surface area (Å²) in [6.45, 7) is 4.40. The maximum Gasteiger partial charge on any atom is 0.114 e. The van der Waals surface area contributed by atoms with Crippen molar-refractivity contribution >= 4 is 11.4 Å². The second kappa shape index (κ2) is 4.50. The summed E-state index contributed by atoms with van der Waals surface area (Å²) >= 11 is 0. The van der Waals surface area contributed by atoms with Gasteiger partial charge in [0.05, 0.1) is 5.71 Å². The third kappa shape index (κ3) is 2.78. The van der Waals surface area contributed by atoms with E-state index in [2.05, 4.69) is 5.16 Å². The van der Waals surface area contributed by atoms with Crippen LogP contribution in [0.15, 0.2) is 29.4 Å². The number of nitrogens with two attached hydrogens (primary N) is 1. The zero-order valence-electron chi connectivity index (χ0n) is 7.95. The van der Waals surface area contributed by atoms with Gasteiger partial charge in [-0.15, -0.1) is 0 Å². The van der Waals surface area contributed by atoms with Gasteiger partial charge in [0, 0.05) is 5.69 Å². The molecule has 2 N–H and O–H groups in total. The van der Waals surface area contributed by atoms with E-state index in [-0.39, 0.29) is 0 Å². The fourth-order valence-corrected chi connectivity index (χ4v) is 0.938. The molecule has 0 atom stereocenters. The van der Waals surface area contributed by atoms with E-state index in [1.165, 1.54) is 0 Å². The smallest absolute Gasteiger partial charge is 0.114 e. The van der Waals surface area contributed by atoms with Gasteiger partial charge in [0.1, 0.15) is 6.61 Å². The molecule has 3 heteroatoms. The van der Waals surface area contributed by atoms with Crippen LogP contribution in [-0.4, -0.2) is 12.3 Å². The number of nitrogens with zero attached hydrogens (tertiary/aromatic N) is 1. The van der Waals surface area contributed by atoms with Crippen LogP contribution in [0, 0.1) is 0 Å². The molecule has 0 spiro atoms. The molecule has 0 saturated carbocycles. The van der Waals surface area contributed by atoms with Crippen molar-refractivity contribution in [3.63, 3.8) is 0 Å². The molecule has 0 bridgehead atoms. The molecule has 1 aromatic rings. The lowest BCUT2D eigenvalue weighted by Crippen LogP contribution is -1.96. The van der Waals surface area contributed by atoms with Crippen molar-refractivity contribution in [2.75, 3.05) is 12.3 Å². The number of hydrogen-bond acceptors (Lipinski definition) is 3. The van der Waals surface area contributed by atoms with E-state index >= 15 is 0 Å². The van der Waals surface area contributed by atoms with Gasteiger partial charge in [0.15, 0.2) is 0 Å². The van der Waals surface area contributed by atoms with Gasteiger partial charge in [0.25, 0.3) is 0 Å². The lowest BCUT2D eigenvalue weighted by molar-refractivity contribution is 0.159. The predicted molar refractivity (Wildman–Crippen MR) is 54.7 cm³/mol. The van der Waals surface area contributed by atoms with E-state index in [9.17, 15) is 0 Å². The SMILES string of the molecule is CCO/N=C(/C)c1ccc(N)cc1. The molecule has 1 rings (SSSR count). The molecule has 13 heavy (non-hydrogen) atoms. The van der Waals surface area contributed by atoms with Crippen molar-refractivity contribution in [3.8, 4) is 0 Å². The first kappa shape index (κ1) is 9.58. The Balaban J connectivity index is 2.77. The van der Waals surface area contributed by atoms with Crippen molar-refractivity contribution < 1.29 is 4.84 Å². The Hall–Kier alpha value is -1.51. The van der Waals surface area contributed by atoms with Gasteiger partial charge in [-0.25, -0.2) is 0 Å². The first-order valence-corrected chi connectivity index (χ1v) is 4.26. The van der Waals surface area contributed by atoms with Crippen LogP contribution in [0.1, 0.15) is 19.4 Å². The van der Waals surface area contributed by atoms with Gasteiger partial charge < -0.3 is 10.6 Å². The Morgan fingerprint density at radius 2 is 2.00 bits per heavy atom. The Morgan fingerprint density at radius 3 is 2.54 bits per heavy atom. The molecule has 0 aliphatic heterocycles. The Morgan fingerprint density at radius 1 is 1.38 bits per heavy atom. The molecule has 0 aliphatic carbocycles. The van der Waals surface area contributed by atoms with Crippen molar-refractivity contribution in [1.29, 1.82) is 0 Å². The highest BCUT2D eigenvalue weighted by Gasteiger charge is 1.96. The zero-order valence-corrected chi connectivity index (χ0v) is 7.95. The minimum atomic E-state index is 0.590. The second-order valence-electron chi connectivity index (χ2n) is 2.72. The number of oxime groups is 1. The molecule has 0 heterocycles. The van der Waals surface area contributed by atoms with Gasteiger partial charge in [0.2, 0.25) is 0 Å². The maximum absolute atomic E-state index is 5.56. The van der Waals surface area contributed by atoms with Crippen LogP contribution in [0.2, 0.25) is 0 Å². The van der Waals surface area contributed by atoms with Gasteiger partial charge in [-0.3, -0.25) is 0 Å². The highest BCUT2D eigenvalue weighted by Crippen LogP contribution is 2.06. The molecule has 3 nitrogen and oxygen atoms in total. The van der Waals surface area contributed by atoms with E-state index in [0.29, 0.717) is 6.61 Å². The third-order valence-corrected chi connectivity index (χ3v) is 1.66. The molecule has 1 aromatic carbocycles. The van der Waals surface area contributed by atoms with E-state index in [1.807, 2.05) is 38.1 Å². The average Bonchev–Trinajstić information content (AvgIpc) is 2.15. The van der Waals surface area contributed by atoms with Crippen LogP contribution < -0.4 is 5.73 Å². The van der Waals surface area contributed by atoms with E-state index < -0.39 is 0 Å². The third-order valence-electron chi connectivity index (χ3n) is 1.66. The summed E-state index contributed by atoms with van der Waals surface area (Å²) in [6.07, 6.45) is 0. The summed E-state index contributed by atoms with van der Waals surface area (Å²) in [5.41, 5.74) is 8.21. The lowest BCUT2D eigenvalue weighted by atomic mass is 10.1. The van der Waals surface area contributed by atoms with E-state index in [0.717, 1.165) is 17.0 Å². The zero-order chi connectivity index (χ0) is 9.68. The second-order valence-corrected chi connectivity index (χ2v) is 2.72. The minimum Gasteiger partial charge on any atom is -0.399 e. The molecule has 0 aromatic heterocycles. The summed E-state index contributed by atoms with van der Waals surface area (Å²) in [7, 11) is 0. The van der Waals surface area contributed by atoms with Crippen LogP contribution in [-0.2, 0) is 4.84 Å². The molecule has 70 valence electrons. The maximum atomic E-state index is 5.56. The number of anilines is 1. The fourth-order valence-electron chi connectivity index (χ4n) is 0.938. The number of hydrogen-bond donors (Lipinski definition) is 1. The highest BCUT2D eigenvalue weighted by atomic mass is 16.6. The molecule has 0 unspecified atom stereocenters. The molecule has 0 saturated heterocycles. The number of nitrogen functional groups attached to an aromatic ring is 1. The fraction of sp³-hybridized carbons (Fsp3) is 0.300. The largest absolute Gasteiger partial charge is 0.399 e. The van der Waals surface area contributed by atoms with Gasteiger partial charge >= 0.3 is 0 Å². The van der Waals surface area contributed by atoms with Crippen LogP contribution in [0.25, 0.3) is 0 Å².